The molecule has 2 aromatic heterocycles. The summed E-state index contributed by atoms with van der Waals surface area (Å²) >= 11 is 1.14. The SMILES string of the molecule is C[C@H]1CN([C@@H](C)CO)C(=O)c2cc(NC(=O)c3ccncc3)ccc2O[C@@H]1CN(C)S(=O)(=O)c1cccs1. The molecule has 0 saturated carbocycles. The first kappa shape index (κ1) is 27.7. The summed E-state index contributed by atoms with van der Waals surface area (Å²) in [6, 6.07) is 10.7. The van der Waals surface area contributed by atoms with Crippen molar-refractivity contribution in [3.8, 4) is 5.75 Å². The first-order valence-corrected chi connectivity index (χ1v) is 14.4. The van der Waals surface area contributed by atoms with E-state index in [4.69, 9.17) is 4.74 Å². The van der Waals surface area contributed by atoms with Crippen LogP contribution in [0.25, 0.3) is 0 Å². The summed E-state index contributed by atoms with van der Waals surface area (Å²) in [6.45, 7) is 3.67. The van der Waals surface area contributed by atoms with Crippen LogP contribution in [0, 0.1) is 5.92 Å². The number of carbonyl (C=O) groups is 2. The first-order chi connectivity index (χ1) is 18.1. The second kappa shape index (κ2) is 11.6. The number of hydrogen-bond acceptors (Lipinski definition) is 8. The van der Waals surface area contributed by atoms with Crippen LogP contribution in [0.4, 0.5) is 5.69 Å². The van der Waals surface area contributed by atoms with Gasteiger partial charge in [0.2, 0.25) is 0 Å². The van der Waals surface area contributed by atoms with Crippen LogP contribution in [0.2, 0.25) is 0 Å². The van der Waals surface area contributed by atoms with Crippen LogP contribution in [0.3, 0.4) is 0 Å². The molecule has 2 amide bonds. The second-order valence-corrected chi connectivity index (χ2v) is 12.5. The zero-order chi connectivity index (χ0) is 27.4. The van der Waals surface area contributed by atoms with Gasteiger partial charge in [-0.2, -0.15) is 4.31 Å². The molecule has 38 heavy (non-hydrogen) atoms. The lowest BCUT2D eigenvalue weighted by Crippen LogP contribution is -2.50. The molecule has 3 aromatic rings. The van der Waals surface area contributed by atoms with Crippen LogP contribution in [-0.4, -0.2) is 78.4 Å². The zero-order valence-corrected chi connectivity index (χ0v) is 22.9. The highest BCUT2D eigenvalue weighted by Gasteiger charge is 2.35. The number of ether oxygens (including phenoxy) is 1. The predicted octanol–water partition coefficient (Wildman–Crippen LogP) is 2.94. The number of carbonyl (C=O) groups excluding carboxylic acids is 2. The van der Waals surface area contributed by atoms with Gasteiger partial charge in [-0.3, -0.25) is 14.6 Å². The van der Waals surface area contributed by atoms with Gasteiger partial charge in [0.25, 0.3) is 21.8 Å². The number of amides is 2. The molecule has 0 saturated heterocycles. The Hall–Kier alpha value is -3.32. The van der Waals surface area contributed by atoms with Crippen molar-refractivity contribution < 1.29 is 27.9 Å². The van der Waals surface area contributed by atoms with E-state index >= 15 is 0 Å². The molecule has 1 aromatic carbocycles. The van der Waals surface area contributed by atoms with Crippen LogP contribution < -0.4 is 10.1 Å². The Balaban J connectivity index is 1.65. The minimum atomic E-state index is -3.71. The summed E-state index contributed by atoms with van der Waals surface area (Å²) in [5, 5.41) is 14.3. The molecule has 0 fully saturated rings. The Labute approximate surface area is 225 Å². The molecule has 0 unspecified atom stereocenters. The van der Waals surface area contributed by atoms with Crippen LogP contribution in [0.15, 0.2) is 64.4 Å². The van der Waals surface area contributed by atoms with E-state index < -0.39 is 22.2 Å². The quantitative estimate of drug-likeness (QED) is 0.435. The lowest BCUT2D eigenvalue weighted by Gasteiger charge is -2.38. The topological polar surface area (TPSA) is 129 Å². The summed E-state index contributed by atoms with van der Waals surface area (Å²) in [5.74, 6) is -0.704. The molecule has 2 N–H and O–H groups in total. The third-order valence-corrected chi connectivity index (χ3v) is 9.66. The van der Waals surface area contributed by atoms with Gasteiger partial charge in [0.05, 0.1) is 24.8 Å². The summed E-state index contributed by atoms with van der Waals surface area (Å²) in [4.78, 5) is 31.7. The summed E-state index contributed by atoms with van der Waals surface area (Å²) in [5.41, 5.74) is 1.01. The Bertz CT molecular complexity index is 1380. The van der Waals surface area contributed by atoms with E-state index in [-0.39, 0.29) is 53.0 Å². The maximum absolute atomic E-state index is 13.6. The Morgan fingerprint density at radius 3 is 2.68 bits per heavy atom. The second-order valence-electron chi connectivity index (χ2n) is 9.24. The number of pyridine rings is 1. The molecule has 10 nitrogen and oxygen atoms in total. The van der Waals surface area contributed by atoms with Gasteiger partial charge in [-0.05, 0) is 48.7 Å². The average Bonchev–Trinajstić information content (AvgIpc) is 3.47. The highest BCUT2D eigenvalue weighted by atomic mass is 32.2. The van der Waals surface area contributed by atoms with Crippen LogP contribution >= 0.6 is 11.3 Å². The van der Waals surface area contributed by atoms with Crippen molar-refractivity contribution in [2.24, 2.45) is 5.92 Å². The van der Waals surface area contributed by atoms with Crippen molar-refractivity contribution in [2.75, 3.05) is 32.1 Å². The highest BCUT2D eigenvalue weighted by Crippen LogP contribution is 2.31. The number of aliphatic hydroxyl groups excluding tert-OH is 1. The number of aromatic nitrogens is 1. The average molecular weight is 559 g/mol. The summed E-state index contributed by atoms with van der Waals surface area (Å²) < 4.78 is 33.9. The first-order valence-electron chi connectivity index (χ1n) is 12.1. The predicted molar refractivity (Wildman–Crippen MR) is 144 cm³/mol. The fourth-order valence-electron chi connectivity index (χ4n) is 4.14. The Morgan fingerprint density at radius 1 is 1.29 bits per heavy atom. The van der Waals surface area contributed by atoms with Gasteiger partial charge >= 0.3 is 0 Å². The van der Waals surface area contributed by atoms with Crippen LogP contribution in [0.5, 0.6) is 5.75 Å². The zero-order valence-electron chi connectivity index (χ0n) is 21.3. The molecule has 0 aliphatic carbocycles. The van der Waals surface area contributed by atoms with Crippen LogP contribution in [-0.2, 0) is 10.0 Å². The molecule has 1 aliphatic heterocycles. The van der Waals surface area contributed by atoms with Crippen molar-refractivity contribution in [2.45, 2.75) is 30.2 Å². The normalized spacial score (nSPS) is 18.8. The molecule has 3 heterocycles. The summed E-state index contributed by atoms with van der Waals surface area (Å²) in [7, 11) is -2.21. The number of hydrogen-bond donors (Lipinski definition) is 2. The molecule has 3 atom stereocenters. The minimum Gasteiger partial charge on any atom is -0.488 e. The van der Waals surface area contributed by atoms with Crippen molar-refractivity contribution in [3.05, 3.63) is 71.4 Å². The fraction of sp³-hybridized carbons (Fsp3) is 0.346. The lowest BCUT2D eigenvalue weighted by atomic mass is 9.99. The molecular formula is C26H30N4O6S2. The van der Waals surface area contributed by atoms with Crippen molar-refractivity contribution in [1.29, 1.82) is 0 Å². The van der Waals surface area contributed by atoms with E-state index in [1.165, 1.54) is 29.8 Å². The molecule has 12 heteroatoms. The van der Waals surface area contributed by atoms with Crippen molar-refractivity contribution in [3.63, 3.8) is 0 Å². The minimum absolute atomic E-state index is 0.0525. The number of rotatable bonds is 8. The van der Waals surface area contributed by atoms with Gasteiger partial charge in [-0.25, -0.2) is 8.42 Å². The van der Waals surface area contributed by atoms with E-state index in [2.05, 4.69) is 10.3 Å². The molecule has 202 valence electrons. The monoisotopic (exact) mass is 558 g/mol. The van der Waals surface area contributed by atoms with E-state index in [1.54, 1.807) is 53.6 Å². The highest BCUT2D eigenvalue weighted by molar-refractivity contribution is 7.91. The van der Waals surface area contributed by atoms with Gasteiger partial charge < -0.3 is 20.1 Å². The maximum Gasteiger partial charge on any atom is 0.258 e. The Kier molecular flexibility index (Phi) is 8.46. The molecule has 0 bridgehead atoms. The number of nitrogens with zero attached hydrogens (tertiary/aromatic N) is 3. The number of nitrogens with one attached hydrogen (secondary N) is 1. The van der Waals surface area contributed by atoms with Gasteiger partial charge in [-0.1, -0.05) is 13.0 Å². The smallest absolute Gasteiger partial charge is 0.258 e. The number of sulfonamides is 1. The number of likely N-dealkylation sites (N-methyl/N-ethyl adjacent to an activating group) is 1. The largest absolute Gasteiger partial charge is 0.488 e. The third-order valence-electron chi connectivity index (χ3n) is 6.46. The van der Waals surface area contributed by atoms with Crippen molar-refractivity contribution >= 4 is 38.9 Å². The number of anilines is 1. The van der Waals surface area contributed by atoms with Gasteiger partial charge in [-0.15, -0.1) is 11.3 Å². The Morgan fingerprint density at radius 2 is 2.03 bits per heavy atom. The number of aliphatic hydroxyl groups is 1. The fourth-order valence-corrected chi connectivity index (χ4v) is 6.52. The molecule has 0 radical (unpaired) electrons. The maximum atomic E-state index is 13.6. The van der Waals surface area contributed by atoms with Gasteiger partial charge in [0.1, 0.15) is 16.1 Å². The van der Waals surface area contributed by atoms with E-state index in [9.17, 15) is 23.1 Å². The number of benzene rings is 1. The van der Waals surface area contributed by atoms with Gasteiger partial charge in [0.15, 0.2) is 0 Å². The number of fused-ring (bicyclic) bond motifs is 1. The molecule has 4 rings (SSSR count). The molecular weight excluding hydrogens is 528 g/mol. The molecule has 0 spiro atoms. The van der Waals surface area contributed by atoms with E-state index in [1.807, 2.05) is 6.92 Å². The van der Waals surface area contributed by atoms with E-state index in [0.29, 0.717) is 11.3 Å². The summed E-state index contributed by atoms with van der Waals surface area (Å²) in [6.07, 6.45) is 2.43. The number of thiophene rings is 1. The lowest BCUT2D eigenvalue weighted by molar-refractivity contribution is 0.0387. The van der Waals surface area contributed by atoms with E-state index in [0.717, 1.165) is 11.3 Å². The van der Waals surface area contributed by atoms with Crippen molar-refractivity contribution in [1.82, 2.24) is 14.2 Å². The third kappa shape index (κ3) is 5.88. The molecule has 1 aliphatic rings. The van der Waals surface area contributed by atoms with Crippen LogP contribution in [0.1, 0.15) is 34.6 Å². The van der Waals surface area contributed by atoms with Gasteiger partial charge in [0, 0.05) is 43.2 Å². The standard InChI is InChI=1S/C26H30N4O6S2/c1-17-14-30(18(2)16-31)26(33)21-13-20(28-25(32)19-8-10-27-11-9-19)6-7-22(21)36-23(17)15-29(3)38(34,35)24-5-4-12-37-24/h4-13,17-18,23,31H,14-16H2,1-3H3,(H,28,32)/t17-,18-,23+/m0/s1.